The molecular formula is C16H24N. The Morgan fingerprint density at radius 1 is 1.18 bits per heavy atom. The molecule has 1 nitrogen and oxygen atoms in total. The lowest BCUT2D eigenvalue weighted by molar-refractivity contribution is 0.138. The molecule has 2 aliphatic rings. The van der Waals surface area contributed by atoms with Crippen molar-refractivity contribution in [2.24, 2.45) is 11.3 Å². The first kappa shape index (κ1) is 12.6. The molecular weight excluding hydrogens is 206 g/mol. The van der Waals surface area contributed by atoms with Gasteiger partial charge in [0.2, 0.25) is 0 Å². The predicted octanol–water partition coefficient (Wildman–Crippen LogP) is 3.66. The Hall–Kier alpha value is -0.820. The molecule has 0 aromatic heterocycles. The second-order valence-electron chi connectivity index (χ2n) is 5.48. The number of fused-ring (bicyclic) bond motifs is 2. The summed E-state index contributed by atoms with van der Waals surface area (Å²) in [6.45, 7) is 13.0. The molecule has 2 rings (SSSR count). The van der Waals surface area contributed by atoms with Gasteiger partial charge in [0, 0.05) is 12.6 Å². The summed E-state index contributed by atoms with van der Waals surface area (Å²) >= 11 is 0. The molecule has 0 spiro atoms. The molecule has 1 radical (unpaired) electrons. The molecule has 0 aromatic rings. The average Bonchev–Trinajstić information content (AvgIpc) is 2.72. The fraction of sp³-hybridized carbons (Fsp3) is 0.562. The highest BCUT2D eigenvalue weighted by molar-refractivity contribution is 5.23. The van der Waals surface area contributed by atoms with Gasteiger partial charge in [0.15, 0.2) is 0 Å². The van der Waals surface area contributed by atoms with Crippen LogP contribution in [0.5, 0.6) is 0 Å². The smallest absolute Gasteiger partial charge is 0.00764 e. The lowest BCUT2D eigenvalue weighted by Crippen LogP contribution is -2.41. The predicted molar refractivity (Wildman–Crippen MR) is 74.6 cm³/mol. The van der Waals surface area contributed by atoms with Gasteiger partial charge in [0.1, 0.15) is 0 Å². The van der Waals surface area contributed by atoms with Crippen molar-refractivity contribution < 1.29 is 0 Å². The second kappa shape index (κ2) is 5.22. The number of hydrogen-bond acceptors (Lipinski definition) is 1. The van der Waals surface area contributed by atoms with Crippen molar-refractivity contribution in [3.8, 4) is 0 Å². The highest BCUT2D eigenvalue weighted by Crippen LogP contribution is 2.55. The van der Waals surface area contributed by atoms with E-state index in [1.807, 2.05) is 0 Å². The SMILES string of the molecule is C=CCC1CC2C[C](CN2)C1(CC=C)CC=C. The van der Waals surface area contributed by atoms with Gasteiger partial charge in [-0.25, -0.2) is 0 Å². The topological polar surface area (TPSA) is 12.0 Å². The van der Waals surface area contributed by atoms with Crippen molar-refractivity contribution in [2.75, 3.05) is 6.54 Å². The van der Waals surface area contributed by atoms with E-state index in [1.54, 1.807) is 5.92 Å². The maximum atomic E-state index is 3.97. The van der Waals surface area contributed by atoms with Gasteiger partial charge in [-0.05, 0) is 49.4 Å². The minimum absolute atomic E-state index is 0.303. The Balaban J connectivity index is 2.29. The van der Waals surface area contributed by atoms with E-state index in [1.165, 1.54) is 12.8 Å². The molecule has 2 fully saturated rings. The van der Waals surface area contributed by atoms with Gasteiger partial charge < -0.3 is 5.32 Å². The monoisotopic (exact) mass is 230 g/mol. The van der Waals surface area contributed by atoms with Crippen LogP contribution in [0.2, 0.25) is 0 Å². The van der Waals surface area contributed by atoms with Crippen LogP contribution in [0, 0.1) is 17.3 Å². The third kappa shape index (κ3) is 2.13. The number of rotatable bonds is 6. The summed E-state index contributed by atoms with van der Waals surface area (Å²) in [5, 5.41) is 3.64. The summed E-state index contributed by atoms with van der Waals surface area (Å²) < 4.78 is 0. The molecule has 1 aliphatic heterocycles. The van der Waals surface area contributed by atoms with Crippen LogP contribution in [0.1, 0.15) is 32.1 Å². The highest BCUT2D eigenvalue weighted by Gasteiger charge is 2.50. The van der Waals surface area contributed by atoms with E-state index in [0.717, 1.165) is 25.8 Å². The Bertz CT molecular complexity index is 295. The Morgan fingerprint density at radius 2 is 1.88 bits per heavy atom. The molecule has 17 heavy (non-hydrogen) atoms. The average molecular weight is 230 g/mol. The summed E-state index contributed by atoms with van der Waals surface area (Å²) in [7, 11) is 0. The molecule has 1 N–H and O–H groups in total. The van der Waals surface area contributed by atoms with Crippen LogP contribution < -0.4 is 5.32 Å². The standard InChI is InChI=1S/C16H24N/c1-4-7-13-10-15-11-14(12-17-15)16(13,8-5-2)9-6-3/h4-6,13,15,17H,1-3,7-12H2. The fourth-order valence-electron chi connectivity index (χ4n) is 3.86. The molecule has 2 bridgehead atoms. The van der Waals surface area contributed by atoms with Gasteiger partial charge in [0.25, 0.3) is 0 Å². The zero-order valence-corrected chi connectivity index (χ0v) is 10.8. The minimum Gasteiger partial charge on any atom is -0.313 e. The number of hydrogen-bond donors (Lipinski definition) is 1. The molecule has 2 unspecified atom stereocenters. The van der Waals surface area contributed by atoms with Crippen LogP contribution >= 0.6 is 0 Å². The van der Waals surface area contributed by atoms with Crippen molar-refractivity contribution >= 4 is 0 Å². The fourth-order valence-corrected chi connectivity index (χ4v) is 3.86. The molecule has 1 saturated carbocycles. The summed E-state index contributed by atoms with van der Waals surface area (Å²) in [5.41, 5.74) is 0.303. The van der Waals surface area contributed by atoms with Crippen LogP contribution in [0.3, 0.4) is 0 Å². The lowest BCUT2D eigenvalue weighted by Gasteiger charge is -2.47. The van der Waals surface area contributed by atoms with E-state index < -0.39 is 0 Å². The van der Waals surface area contributed by atoms with E-state index in [4.69, 9.17) is 0 Å². The van der Waals surface area contributed by atoms with Crippen LogP contribution in [0.15, 0.2) is 38.0 Å². The molecule has 0 amide bonds. The van der Waals surface area contributed by atoms with Gasteiger partial charge in [-0.1, -0.05) is 18.2 Å². The second-order valence-corrected chi connectivity index (χ2v) is 5.48. The van der Waals surface area contributed by atoms with Gasteiger partial charge in [0.05, 0.1) is 0 Å². The first-order valence-corrected chi connectivity index (χ1v) is 6.68. The maximum Gasteiger partial charge on any atom is 0.00764 e. The summed E-state index contributed by atoms with van der Waals surface area (Å²) in [4.78, 5) is 0. The summed E-state index contributed by atoms with van der Waals surface area (Å²) in [6.07, 6.45) is 12.1. The zero-order chi connectivity index (χ0) is 12.3. The van der Waals surface area contributed by atoms with Gasteiger partial charge >= 0.3 is 0 Å². The molecule has 0 aromatic carbocycles. The Morgan fingerprint density at radius 3 is 2.47 bits per heavy atom. The van der Waals surface area contributed by atoms with Crippen molar-refractivity contribution in [1.82, 2.24) is 5.32 Å². The van der Waals surface area contributed by atoms with Crippen LogP contribution in [-0.4, -0.2) is 12.6 Å². The van der Waals surface area contributed by atoms with Crippen LogP contribution in [0.4, 0.5) is 0 Å². The Kier molecular flexibility index (Phi) is 3.88. The molecule has 1 aliphatic carbocycles. The normalized spacial score (nSPS) is 31.1. The highest BCUT2D eigenvalue weighted by atomic mass is 15.0. The van der Waals surface area contributed by atoms with Gasteiger partial charge in [-0.2, -0.15) is 0 Å². The molecule has 1 heteroatoms. The first-order chi connectivity index (χ1) is 8.26. The first-order valence-electron chi connectivity index (χ1n) is 6.68. The minimum atomic E-state index is 0.303. The molecule has 93 valence electrons. The maximum absolute atomic E-state index is 3.97. The largest absolute Gasteiger partial charge is 0.313 e. The zero-order valence-electron chi connectivity index (χ0n) is 10.8. The van der Waals surface area contributed by atoms with E-state index in [-0.39, 0.29) is 0 Å². The summed E-state index contributed by atoms with van der Waals surface area (Å²) in [6, 6.07) is 0.706. The van der Waals surface area contributed by atoms with E-state index in [2.05, 4.69) is 43.3 Å². The van der Waals surface area contributed by atoms with Gasteiger partial charge in [-0.15, -0.1) is 19.7 Å². The number of nitrogens with one attached hydrogen (secondary N) is 1. The van der Waals surface area contributed by atoms with Crippen LogP contribution in [-0.2, 0) is 0 Å². The van der Waals surface area contributed by atoms with Gasteiger partial charge in [-0.3, -0.25) is 0 Å². The Labute approximate surface area is 106 Å². The van der Waals surface area contributed by atoms with Crippen molar-refractivity contribution in [3.63, 3.8) is 0 Å². The molecule has 2 atom stereocenters. The third-order valence-electron chi connectivity index (χ3n) is 4.62. The molecule has 1 saturated heterocycles. The van der Waals surface area contributed by atoms with Crippen molar-refractivity contribution in [3.05, 3.63) is 43.9 Å². The van der Waals surface area contributed by atoms with E-state index in [0.29, 0.717) is 17.4 Å². The van der Waals surface area contributed by atoms with Crippen molar-refractivity contribution in [2.45, 2.75) is 38.1 Å². The van der Waals surface area contributed by atoms with E-state index in [9.17, 15) is 0 Å². The molecule has 1 heterocycles. The van der Waals surface area contributed by atoms with Crippen molar-refractivity contribution in [1.29, 1.82) is 0 Å². The third-order valence-corrected chi connectivity index (χ3v) is 4.62. The lowest BCUT2D eigenvalue weighted by atomic mass is 9.56. The van der Waals surface area contributed by atoms with Crippen LogP contribution in [0.25, 0.3) is 0 Å². The number of allylic oxidation sites excluding steroid dienone is 3. The quantitative estimate of drug-likeness (QED) is 0.687. The van der Waals surface area contributed by atoms with E-state index >= 15 is 0 Å². The summed E-state index contributed by atoms with van der Waals surface area (Å²) in [5.74, 6) is 2.40.